The van der Waals surface area contributed by atoms with E-state index >= 15 is 0 Å². The van der Waals surface area contributed by atoms with E-state index in [1.807, 2.05) is 0 Å². The molecule has 168 valence electrons. The second-order valence-corrected chi connectivity index (χ2v) is 12.1. The largest absolute Gasteiger partial charge is 0.310 e. The number of rotatable bonds is 4. The molecular formula is C24H28N4O3S. The number of anilines is 1. The fraction of sp³-hybridized carbons (Fsp3) is 0.542. The first-order valence-electron chi connectivity index (χ1n) is 11.6. The first-order valence-corrected chi connectivity index (χ1v) is 13.1. The smallest absolute Gasteiger partial charge is 0.243 e. The Hall–Kier alpha value is -2.32. The molecule has 7 rings (SSSR count). The molecule has 2 heterocycles. The van der Waals surface area contributed by atoms with Crippen molar-refractivity contribution in [1.29, 1.82) is 0 Å². The van der Waals surface area contributed by atoms with Crippen LogP contribution in [-0.2, 0) is 27.8 Å². The average Bonchev–Trinajstić information content (AvgIpc) is 2.78. The molecule has 0 saturated heterocycles. The lowest BCUT2D eigenvalue weighted by molar-refractivity contribution is -0.140. The fourth-order valence-electron chi connectivity index (χ4n) is 7.01. The second-order valence-electron chi connectivity index (χ2n) is 10.2. The van der Waals surface area contributed by atoms with E-state index in [9.17, 15) is 13.2 Å². The number of benzene rings is 1. The van der Waals surface area contributed by atoms with Crippen molar-refractivity contribution < 1.29 is 13.2 Å². The Morgan fingerprint density at radius 3 is 2.31 bits per heavy atom. The Morgan fingerprint density at radius 2 is 1.66 bits per heavy atom. The van der Waals surface area contributed by atoms with Crippen LogP contribution >= 0.6 is 0 Å². The molecule has 5 aliphatic rings. The molecule has 1 aromatic carbocycles. The number of hydrogen-bond acceptors (Lipinski definition) is 5. The summed E-state index contributed by atoms with van der Waals surface area (Å²) >= 11 is 0. The summed E-state index contributed by atoms with van der Waals surface area (Å²) in [4.78, 5) is 22.5. The third kappa shape index (κ3) is 3.27. The van der Waals surface area contributed by atoms with E-state index in [0.29, 0.717) is 42.2 Å². The van der Waals surface area contributed by atoms with Gasteiger partial charge < -0.3 is 5.32 Å². The molecule has 2 aromatic rings. The van der Waals surface area contributed by atoms with Gasteiger partial charge in [-0.25, -0.2) is 18.4 Å². The van der Waals surface area contributed by atoms with E-state index in [-0.39, 0.29) is 22.8 Å². The SMILES string of the molecule is O=C(Nc1ncnc2c1CCN(S(=O)(=O)c1ccccc1)C2)C12CC3CC(CC(C3)C1)C2. The third-order valence-electron chi connectivity index (χ3n) is 8.10. The van der Waals surface area contributed by atoms with E-state index in [0.717, 1.165) is 24.8 Å². The van der Waals surface area contributed by atoms with Crippen molar-refractivity contribution in [2.24, 2.45) is 23.2 Å². The van der Waals surface area contributed by atoms with Crippen LogP contribution < -0.4 is 5.32 Å². The maximum absolute atomic E-state index is 13.5. The zero-order valence-corrected chi connectivity index (χ0v) is 18.9. The first-order chi connectivity index (χ1) is 15.4. The quantitative estimate of drug-likeness (QED) is 0.768. The molecule has 1 N–H and O–H groups in total. The Labute approximate surface area is 188 Å². The minimum atomic E-state index is -3.59. The van der Waals surface area contributed by atoms with Gasteiger partial charge in [0, 0.05) is 12.1 Å². The molecule has 0 radical (unpaired) electrons. The lowest BCUT2D eigenvalue weighted by Crippen LogP contribution is -2.52. The van der Waals surface area contributed by atoms with Crippen LogP contribution in [0.3, 0.4) is 0 Å². The minimum Gasteiger partial charge on any atom is -0.310 e. The molecule has 4 aliphatic carbocycles. The predicted molar refractivity (Wildman–Crippen MR) is 119 cm³/mol. The van der Waals surface area contributed by atoms with Gasteiger partial charge in [0.2, 0.25) is 15.9 Å². The predicted octanol–water partition coefficient (Wildman–Crippen LogP) is 3.38. The van der Waals surface area contributed by atoms with E-state index in [2.05, 4.69) is 15.3 Å². The molecule has 1 aromatic heterocycles. The lowest BCUT2D eigenvalue weighted by Gasteiger charge is -2.55. The first kappa shape index (κ1) is 20.3. The minimum absolute atomic E-state index is 0.108. The Kier molecular flexibility index (Phi) is 4.66. The highest BCUT2D eigenvalue weighted by molar-refractivity contribution is 7.89. The highest BCUT2D eigenvalue weighted by Crippen LogP contribution is 2.60. The van der Waals surface area contributed by atoms with E-state index in [1.165, 1.54) is 29.9 Å². The summed E-state index contributed by atoms with van der Waals surface area (Å²) in [7, 11) is -3.59. The van der Waals surface area contributed by atoms with Gasteiger partial charge in [-0.2, -0.15) is 4.31 Å². The third-order valence-corrected chi connectivity index (χ3v) is 9.96. The van der Waals surface area contributed by atoms with Crippen molar-refractivity contribution in [2.45, 2.75) is 56.4 Å². The molecule has 8 heteroatoms. The number of aromatic nitrogens is 2. The summed E-state index contributed by atoms with van der Waals surface area (Å²) in [5.74, 6) is 2.76. The van der Waals surface area contributed by atoms with Crippen molar-refractivity contribution in [2.75, 3.05) is 11.9 Å². The Morgan fingerprint density at radius 1 is 1.00 bits per heavy atom. The number of amides is 1. The summed E-state index contributed by atoms with van der Waals surface area (Å²) in [6.07, 6.45) is 8.80. The summed E-state index contributed by atoms with van der Waals surface area (Å²) < 4.78 is 27.5. The number of nitrogens with zero attached hydrogens (tertiary/aromatic N) is 3. The molecule has 4 bridgehead atoms. The topological polar surface area (TPSA) is 92.3 Å². The van der Waals surface area contributed by atoms with E-state index < -0.39 is 10.0 Å². The fourth-order valence-corrected chi connectivity index (χ4v) is 8.44. The van der Waals surface area contributed by atoms with Gasteiger partial charge in [-0.15, -0.1) is 0 Å². The number of hydrogen-bond donors (Lipinski definition) is 1. The molecule has 1 amide bonds. The van der Waals surface area contributed by atoms with Crippen LogP contribution in [0.1, 0.15) is 49.8 Å². The van der Waals surface area contributed by atoms with Gasteiger partial charge in [-0.05, 0) is 74.8 Å². The molecule has 7 nitrogen and oxygen atoms in total. The highest BCUT2D eigenvalue weighted by Gasteiger charge is 2.54. The van der Waals surface area contributed by atoms with Gasteiger partial charge in [-0.3, -0.25) is 4.79 Å². The van der Waals surface area contributed by atoms with Crippen LogP contribution in [0.4, 0.5) is 5.82 Å². The number of carbonyl (C=O) groups excluding carboxylic acids is 1. The van der Waals surface area contributed by atoms with Gasteiger partial charge >= 0.3 is 0 Å². The molecular weight excluding hydrogens is 424 g/mol. The highest BCUT2D eigenvalue weighted by atomic mass is 32.2. The Balaban J connectivity index is 1.23. The van der Waals surface area contributed by atoms with Crippen LogP contribution in [0.15, 0.2) is 41.6 Å². The van der Waals surface area contributed by atoms with E-state index in [1.54, 1.807) is 30.3 Å². The molecule has 0 spiro atoms. The molecule has 32 heavy (non-hydrogen) atoms. The number of fused-ring (bicyclic) bond motifs is 1. The van der Waals surface area contributed by atoms with Crippen LogP contribution in [-0.4, -0.2) is 35.1 Å². The Bertz CT molecular complexity index is 1130. The van der Waals surface area contributed by atoms with E-state index in [4.69, 9.17) is 0 Å². The normalized spacial score (nSPS) is 31.3. The summed E-state index contributed by atoms with van der Waals surface area (Å²) in [5, 5.41) is 3.15. The standard InChI is InChI=1S/C24H28N4O3S/c29-23(24-11-16-8-17(12-24)10-18(9-16)13-24)27-22-20-6-7-28(14-21(20)25-15-26-22)32(30,31)19-4-2-1-3-5-19/h1-5,15-18H,6-14H2,(H,25,26,27,29). The maximum atomic E-state index is 13.5. The molecule has 4 fully saturated rings. The van der Waals surface area contributed by atoms with Crippen LogP contribution in [0.25, 0.3) is 0 Å². The second kappa shape index (κ2) is 7.35. The number of nitrogens with one attached hydrogen (secondary N) is 1. The number of carbonyl (C=O) groups is 1. The number of sulfonamides is 1. The van der Waals surface area contributed by atoms with Crippen LogP contribution in [0.2, 0.25) is 0 Å². The monoisotopic (exact) mass is 452 g/mol. The van der Waals surface area contributed by atoms with Gasteiger partial charge in [0.05, 0.1) is 22.5 Å². The molecule has 0 atom stereocenters. The van der Waals surface area contributed by atoms with Gasteiger partial charge in [-0.1, -0.05) is 18.2 Å². The van der Waals surface area contributed by atoms with Gasteiger partial charge in [0.15, 0.2) is 0 Å². The van der Waals surface area contributed by atoms with Gasteiger partial charge in [0.1, 0.15) is 12.1 Å². The van der Waals surface area contributed by atoms with Crippen molar-refractivity contribution in [3.8, 4) is 0 Å². The zero-order valence-electron chi connectivity index (χ0n) is 18.0. The molecule has 1 aliphatic heterocycles. The summed E-state index contributed by atoms with van der Waals surface area (Å²) in [5.41, 5.74) is 1.29. The maximum Gasteiger partial charge on any atom is 0.243 e. The summed E-state index contributed by atoms with van der Waals surface area (Å²) in [6.45, 7) is 0.535. The van der Waals surface area contributed by atoms with Crippen molar-refractivity contribution in [3.05, 3.63) is 47.9 Å². The summed E-state index contributed by atoms with van der Waals surface area (Å²) in [6, 6.07) is 8.48. The molecule has 4 saturated carbocycles. The van der Waals surface area contributed by atoms with Crippen LogP contribution in [0.5, 0.6) is 0 Å². The van der Waals surface area contributed by atoms with Crippen molar-refractivity contribution in [1.82, 2.24) is 14.3 Å². The van der Waals surface area contributed by atoms with Gasteiger partial charge in [0.25, 0.3) is 0 Å². The zero-order chi connectivity index (χ0) is 21.9. The van der Waals surface area contributed by atoms with Crippen molar-refractivity contribution >= 4 is 21.7 Å². The average molecular weight is 453 g/mol. The van der Waals surface area contributed by atoms with Crippen LogP contribution in [0, 0.1) is 23.2 Å². The lowest BCUT2D eigenvalue weighted by atomic mass is 9.49. The van der Waals surface area contributed by atoms with Crippen molar-refractivity contribution in [3.63, 3.8) is 0 Å². The molecule has 0 unspecified atom stereocenters.